The van der Waals surface area contributed by atoms with Crippen molar-refractivity contribution in [1.82, 2.24) is 19.9 Å². The number of rotatable bonds is 8. The van der Waals surface area contributed by atoms with Crippen LogP contribution in [0.5, 0.6) is 0 Å². The fourth-order valence-electron chi connectivity index (χ4n) is 3.53. The Balaban J connectivity index is 0.000000247. The van der Waals surface area contributed by atoms with Crippen molar-refractivity contribution >= 4 is 44.7 Å². The zero-order chi connectivity index (χ0) is 30.7. The first kappa shape index (κ1) is 34.0. The van der Waals surface area contributed by atoms with Gasteiger partial charge in [-0.2, -0.15) is 9.13 Å². The Morgan fingerprint density at radius 3 is 1.41 bits per heavy atom. The van der Waals surface area contributed by atoms with E-state index in [0.29, 0.717) is 49.2 Å². The van der Waals surface area contributed by atoms with E-state index < -0.39 is 10.4 Å². The highest BCUT2D eigenvalue weighted by Crippen LogP contribution is 2.15. The van der Waals surface area contributed by atoms with Crippen LogP contribution in [0.4, 0.5) is 11.6 Å². The number of nitrogens with two attached hydrogens (primary N) is 2. The summed E-state index contributed by atoms with van der Waals surface area (Å²) in [6.45, 7) is 9.43. The molecular formula is C24H34N8O6S3. The van der Waals surface area contributed by atoms with Crippen molar-refractivity contribution in [1.29, 1.82) is 0 Å². The van der Waals surface area contributed by atoms with Gasteiger partial charge in [0.05, 0.1) is 20.9 Å². The van der Waals surface area contributed by atoms with Gasteiger partial charge in [0, 0.05) is 62.7 Å². The lowest BCUT2D eigenvalue weighted by Gasteiger charge is -2.06. The van der Waals surface area contributed by atoms with E-state index in [1.165, 1.54) is 9.75 Å². The summed E-state index contributed by atoms with van der Waals surface area (Å²) in [7, 11) is -5.17. The monoisotopic (exact) mass is 626 g/mol. The number of hydrogen-bond donors (Lipinski definition) is 4. The van der Waals surface area contributed by atoms with Crippen LogP contribution >= 0.6 is 22.7 Å². The third kappa shape index (κ3) is 11.3. The van der Waals surface area contributed by atoms with Crippen molar-refractivity contribution < 1.29 is 36.9 Å². The topological polar surface area (TPSA) is 232 Å². The van der Waals surface area contributed by atoms with Crippen LogP contribution in [0.1, 0.15) is 43.9 Å². The molecule has 0 saturated carbocycles. The molecule has 17 heteroatoms. The number of aryl methyl sites for hydroxylation is 2. The van der Waals surface area contributed by atoms with E-state index in [1.807, 2.05) is 38.7 Å². The Hall–Kier alpha value is -3.19. The van der Waals surface area contributed by atoms with Gasteiger partial charge < -0.3 is 30.8 Å². The number of aromatic nitrogens is 6. The average molecular weight is 627 g/mol. The van der Waals surface area contributed by atoms with Crippen molar-refractivity contribution in [3.8, 4) is 0 Å². The molecule has 0 unspecified atom stereocenters. The van der Waals surface area contributed by atoms with Crippen LogP contribution in [0.2, 0.25) is 0 Å². The highest BCUT2D eigenvalue weighted by atomic mass is 32.3. The predicted molar refractivity (Wildman–Crippen MR) is 151 cm³/mol. The Morgan fingerprint density at radius 1 is 0.780 bits per heavy atom. The molecule has 224 valence electrons. The lowest BCUT2D eigenvalue weighted by Crippen LogP contribution is -2.35. The van der Waals surface area contributed by atoms with Crippen LogP contribution in [0.25, 0.3) is 0 Å². The summed E-state index contributed by atoms with van der Waals surface area (Å²) in [5.41, 5.74) is 20.0. The second-order valence-electron chi connectivity index (χ2n) is 8.73. The molecule has 0 aliphatic carbocycles. The van der Waals surface area contributed by atoms with Gasteiger partial charge in [-0.05, 0) is 13.8 Å². The second kappa shape index (κ2) is 15.7. The van der Waals surface area contributed by atoms with Gasteiger partial charge in [0.1, 0.15) is 23.3 Å². The first-order valence-corrected chi connectivity index (χ1v) is 15.3. The molecule has 4 aromatic rings. The van der Waals surface area contributed by atoms with Gasteiger partial charge in [-0.1, -0.05) is 22.7 Å². The van der Waals surface area contributed by atoms with Gasteiger partial charge in [-0.3, -0.25) is 8.42 Å². The van der Waals surface area contributed by atoms with E-state index in [2.05, 4.69) is 29.1 Å². The maximum atomic E-state index is 8.98. The SMILES string of the molecule is Cc1ncc(C[n+]2csc(CCO)c2C)c(N)n1.Cc1ncc(C[n+]2csc(CCO)c2C)c(N)n1.O=S(=O)([O-])[O-]. The number of anilines is 2. The van der Waals surface area contributed by atoms with Crippen LogP contribution in [0, 0.1) is 27.7 Å². The third-order valence-electron chi connectivity index (χ3n) is 5.71. The van der Waals surface area contributed by atoms with Crippen molar-refractivity contribution in [2.24, 2.45) is 0 Å². The number of nitrogen functional groups attached to an aromatic ring is 2. The summed E-state index contributed by atoms with van der Waals surface area (Å²) >= 11 is 3.30. The summed E-state index contributed by atoms with van der Waals surface area (Å²) < 4.78 is 38.3. The zero-order valence-corrected chi connectivity index (χ0v) is 25.6. The Bertz CT molecular complexity index is 1430. The van der Waals surface area contributed by atoms with Gasteiger partial charge >= 0.3 is 0 Å². The standard InChI is InChI=1S/2C12H17N4OS.H2O4S/c2*1-8-11(3-4-17)18-7-16(8)6-10-5-14-9(2)15-12(10)13;1-5(2,3)4/h2*5,7,17H,3-4,6H2,1-2H3,(H2,13,14,15);(H2,1,2,3,4)/q2*+1;/p-2. The van der Waals surface area contributed by atoms with Crippen molar-refractivity contribution in [3.05, 3.63) is 67.3 Å². The van der Waals surface area contributed by atoms with Crippen molar-refractivity contribution in [2.75, 3.05) is 24.7 Å². The summed E-state index contributed by atoms with van der Waals surface area (Å²) in [6, 6.07) is 0. The van der Waals surface area contributed by atoms with Gasteiger partial charge in [0.15, 0.2) is 24.5 Å². The largest absolute Gasteiger partial charge is 0.759 e. The number of aliphatic hydroxyl groups excluding tert-OH is 2. The molecule has 6 N–H and O–H groups in total. The molecule has 0 atom stereocenters. The van der Waals surface area contributed by atoms with Gasteiger partial charge in [-0.25, -0.2) is 19.9 Å². The first-order chi connectivity index (χ1) is 19.2. The molecular weight excluding hydrogens is 593 g/mol. The molecule has 0 aromatic carbocycles. The Labute approximate surface area is 246 Å². The molecule has 0 aliphatic heterocycles. The molecule has 0 aliphatic rings. The van der Waals surface area contributed by atoms with Crippen molar-refractivity contribution in [2.45, 2.75) is 53.6 Å². The zero-order valence-electron chi connectivity index (χ0n) is 23.1. The molecule has 41 heavy (non-hydrogen) atoms. The number of aliphatic hydroxyl groups is 2. The maximum Gasteiger partial charge on any atom is 0.225 e. The fraction of sp³-hybridized carbons (Fsp3) is 0.417. The Morgan fingerprint density at radius 2 is 1.12 bits per heavy atom. The van der Waals surface area contributed by atoms with Crippen LogP contribution in [-0.2, 0) is 36.3 Å². The van der Waals surface area contributed by atoms with E-state index in [4.69, 9.17) is 39.2 Å². The molecule has 4 heterocycles. The summed E-state index contributed by atoms with van der Waals surface area (Å²) in [6.07, 6.45) is 4.94. The highest BCUT2D eigenvalue weighted by Gasteiger charge is 2.18. The molecule has 0 amide bonds. The average Bonchev–Trinajstić information content (AvgIpc) is 3.39. The predicted octanol–water partition coefficient (Wildman–Crippen LogP) is -0.123. The van der Waals surface area contributed by atoms with Gasteiger partial charge in [-0.15, -0.1) is 0 Å². The molecule has 4 rings (SSSR count). The summed E-state index contributed by atoms with van der Waals surface area (Å²) in [5.74, 6) is 2.43. The molecule has 0 spiro atoms. The first-order valence-electron chi connectivity index (χ1n) is 12.2. The summed E-state index contributed by atoms with van der Waals surface area (Å²) in [4.78, 5) is 19.1. The lowest BCUT2D eigenvalue weighted by atomic mass is 10.2. The minimum atomic E-state index is -5.17. The second-order valence-corrected chi connectivity index (χ2v) is 11.4. The highest BCUT2D eigenvalue weighted by molar-refractivity contribution is 7.79. The smallest absolute Gasteiger partial charge is 0.225 e. The quantitative estimate of drug-likeness (QED) is 0.114. The van der Waals surface area contributed by atoms with E-state index in [1.54, 1.807) is 35.1 Å². The fourth-order valence-corrected chi connectivity index (χ4v) is 5.50. The molecule has 0 fully saturated rings. The van der Waals surface area contributed by atoms with Crippen LogP contribution < -0.4 is 20.6 Å². The molecule has 0 bridgehead atoms. The number of nitrogens with zero attached hydrogens (tertiary/aromatic N) is 6. The maximum absolute atomic E-state index is 8.98. The van der Waals surface area contributed by atoms with E-state index >= 15 is 0 Å². The van der Waals surface area contributed by atoms with E-state index in [9.17, 15) is 0 Å². The van der Waals surface area contributed by atoms with Crippen LogP contribution in [0.15, 0.2) is 23.4 Å². The minimum Gasteiger partial charge on any atom is -0.759 e. The molecule has 0 saturated heterocycles. The lowest BCUT2D eigenvalue weighted by molar-refractivity contribution is -0.689. The minimum absolute atomic E-state index is 0.178. The van der Waals surface area contributed by atoms with Gasteiger partial charge in [0.25, 0.3) is 0 Å². The Kier molecular flexibility index (Phi) is 13.0. The molecule has 0 radical (unpaired) electrons. The molecule has 14 nitrogen and oxygen atoms in total. The van der Waals surface area contributed by atoms with E-state index in [-0.39, 0.29) is 13.2 Å². The normalized spacial score (nSPS) is 10.9. The number of hydrogen-bond acceptors (Lipinski definition) is 14. The van der Waals surface area contributed by atoms with Crippen LogP contribution in [0.3, 0.4) is 0 Å². The van der Waals surface area contributed by atoms with Crippen molar-refractivity contribution in [3.63, 3.8) is 0 Å². The number of thiazole rings is 2. The van der Waals surface area contributed by atoms with Gasteiger partial charge in [0.2, 0.25) is 11.0 Å². The summed E-state index contributed by atoms with van der Waals surface area (Å²) in [5, 5.41) is 18.0. The van der Waals surface area contributed by atoms with Crippen LogP contribution in [-0.4, -0.2) is 60.9 Å². The van der Waals surface area contributed by atoms with E-state index in [0.717, 1.165) is 22.5 Å². The third-order valence-corrected chi connectivity index (χ3v) is 8.00. The molecule has 4 aromatic heterocycles.